The van der Waals surface area contributed by atoms with Gasteiger partial charge in [-0.1, -0.05) is 30.0 Å². The fraction of sp³-hybridized carbons (Fsp3) is 0.273. The Balaban J connectivity index is 1.52. The van der Waals surface area contributed by atoms with E-state index in [0.29, 0.717) is 36.7 Å². The molecule has 1 aromatic carbocycles. The largest absolute Gasteiger partial charge is 0.382 e. The van der Waals surface area contributed by atoms with Crippen LogP contribution in [0.2, 0.25) is 0 Å². The zero-order valence-corrected chi connectivity index (χ0v) is 18.0. The minimum Gasteiger partial charge on any atom is -0.382 e. The van der Waals surface area contributed by atoms with Gasteiger partial charge in [-0.2, -0.15) is 0 Å². The van der Waals surface area contributed by atoms with Crippen LogP contribution in [0.5, 0.6) is 0 Å². The van der Waals surface area contributed by atoms with E-state index in [9.17, 15) is 4.79 Å². The monoisotopic (exact) mass is 434 g/mol. The predicted molar refractivity (Wildman–Crippen MR) is 121 cm³/mol. The first kappa shape index (κ1) is 19.8. The van der Waals surface area contributed by atoms with Crippen molar-refractivity contribution in [1.82, 2.24) is 28.5 Å². The summed E-state index contributed by atoms with van der Waals surface area (Å²) in [4.78, 5) is 17.8. The molecular weight excluding hydrogens is 412 g/mol. The SMILES string of the molecule is CCOCCCn1c(=O)c2ccccc2n2c(SCc3cn4ccccc4n3)nnc12. The van der Waals surface area contributed by atoms with Crippen molar-refractivity contribution in [2.45, 2.75) is 30.8 Å². The van der Waals surface area contributed by atoms with Gasteiger partial charge in [-0.3, -0.25) is 13.8 Å². The first-order valence-electron chi connectivity index (χ1n) is 10.3. The van der Waals surface area contributed by atoms with Crippen molar-refractivity contribution in [3.05, 3.63) is 70.9 Å². The van der Waals surface area contributed by atoms with Crippen LogP contribution in [-0.2, 0) is 17.0 Å². The third-order valence-corrected chi connectivity index (χ3v) is 6.08. The highest BCUT2D eigenvalue weighted by Crippen LogP contribution is 2.24. The minimum atomic E-state index is -0.0519. The van der Waals surface area contributed by atoms with Gasteiger partial charge in [0, 0.05) is 37.9 Å². The maximum absolute atomic E-state index is 13.1. The summed E-state index contributed by atoms with van der Waals surface area (Å²) in [6.45, 7) is 3.76. The van der Waals surface area contributed by atoms with Crippen LogP contribution in [0, 0.1) is 0 Å². The molecule has 0 unspecified atom stereocenters. The summed E-state index contributed by atoms with van der Waals surface area (Å²) in [5, 5.41) is 10.2. The van der Waals surface area contributed by atoms with Crippen molar-refractivity contribution >= 4 is 34.1 Å². The number of ether oxygens (including phenoxy) is 1. The van der Waals surface area contributed by atoms with Crippen molar-refractivity contribution in [1.29, 1.82) is 0 Å². The Morgan fingerprint density at radius 2 is 1.97 bits per heavy atom. The standard InChI is InChI=1S/C22H22N6O2S/c1-2-30-13-7-12-27-20(29)17-8-3-4-9-18(17)28-21(27)24-25-22(28)31-15-16-14-26-11-6-5-10-19(26)23-16/h3-6,8-11,14H,2,7,12-13,15H2,1H3. The fourth-order valence-corrected chi connectivity index (χ4v) is 4.52. The van der Waals surface area contributed by atoms with E-state index < -0.39 is 0 Å². The number of hydrogen-bond acceptors (Lipinski definition) is 6. The normalized spacial score (nSPS) is 11.8. The summed E-state index contributed by atoms with van der Waals surface area (Å²) >= 11 is 1.56. The van der Waals surface area contributed by atoms with Gasteiger partial charge in [-0.25, -0.2) is 4.98 Å². The molecule has 158 valence electrons. The molecule has 0 spiro atoms. The van der Waals surface area contributed by atoms with Crippen molar-refractivity contribution in [3.8, 4) is 0 Å². The number of para-hydroxylation sites is 1. The Hall–Kier alpha value is -3.17. The molecule has 0 fully saturated rings. The zero-order chi connectivity index (χ0) is 21.2. The molecule has 0 bridgehead atoms. The van der Waals surface area contributed by atoms with Crippen LogP contribution in [-0.4, -0.2) is 41.8 Å². The number of thioether (sulfide) groups is 1. The number of rotatable bonds is 8. The van der Waals surface area contributed by atoms with E-state index in [4.69, 9.17) is 4.74 Å². The molecular formula is C22H22N6O2S. The van der Waals surface area contributed by atoms with Crippen LogP contribution in [0.25, 0.3) is 22.3 Å². The molecule has 0 saturated heterocycles. The van der Waals surface area contributed by atoms with E-state index in [1.165, 1.54) is 0 Å². The predicted octanol–water partition coefficient (Wildman–Crippen LogP) is 3.41. The Labute approximate surface area is 182 Å². The molecule has 4 heterocycles. The van der Waals surface area contributed by atoms with Gasteiger partial charge in [0.1, 0.15) is 5.65 Å². The number of imidazole rings is 1. The maximum Gasteiger partial charge on any atom is 0.262 e. The van der Waals surface area contributed by atoms with Crippen LogP contribution >= 0.6 is 11.8 Å². The van der Waals surface area contributed by atoms with E-state index in [1.807, 2.05) is 70.6 Å². The highest BCUT2D eigenvalue weighted by atomic mass is 32.2. The molecule has 0 atom stereocenters. The second-order valence-electron chi connectivity index (χ2n) is 7.13. The molecule has 5 aromatic rings. The Morgan fingerprint density at radius 3 is 2.84 bits per heavy atom. The molecule has 0 aliphatic carbocycles. The maximum atomic E-state index is 13.1. The molecule has 4 aromatic heterocycles. The summed E-state index contributed by atoms with van der Waals surface area (Å²) < 4.78 is 11.1. The highest BCUT2D eigenvalue weighted by Gasteiger charge is 2.17. The van der Waals surface area contributed by atoms with Gasteiger partial charge in [-0.15, -0.1) is 10.2 Å². The number of hydrogen-bond donors (Lipinski definition) is 0. The van der Waals surface area contributed by atoms with Crippen molar-refractivity contribution in [3.63, 3.8) is 0 Å². The van der Waals surface area contributed by atoms with Gasteiger partial charge in [0.15, 0.2) is 5.16 Å². The number of aryl methyl sites for hydroxylation is 1. The number of pyridine rings is 1. The summed E-state index contributed by atoms with van der Waals surface area (Å²) in [7, 11) is 0. The molecule has 0 aliphatic rings. The van der Waals surface area contributed by atoms with E-state index in [0.717, 1.165) is 28.4 Å². The Kier molecular flexibility index (Phi) is 5.44. The van der Waals surface area contributed by atoms with Crippen molar-refractivity contribution < 1.29 is 4.74 Å². The molecule has 0 aliphatic heterocycles. The molecule has 0 radical (unpaired) electrons. The lowest BCUT2D eigenvalue weighted by atomic mass is 10.2. The second kappa shape index (κ2) is 8.52. The molecule has 31 heavy (non-hydrogen) atoms. The third kappa shape index (κ3) is 3.70. The molecule has 0 amide bonds. The molecule has 0 saturated carbocycles. The number of nitrogens with zero attached hydrogens (tertiary/aromatic N) is 6. The van der Waals surface area contributed by atoms with Crippen LogP contribution in [0.15, 0.2) is 64.8 Å². The quantitative estimate of drug-likeness (QED) is 0.275. The van der Waals surface area contributed by atoms with Crippen molar-refractivity contribution in [2.75, 3.05) is 13.2 Å². The molecule has 9 heteroatoms. The number of benzene rings is 1. The molecule has 8 nitrogen and oxygen atoms in total. The van der Waals surface area contributed by atoms with E-state index in [1.54, 1.807) is 16.3 Å². The lowest BCUT2D eigenvalue weighted by Gasteiger charge is -2.11. The highest BCUT2D eigenvalue weighted by molar-refractivity contribution is 7.98. The summed E-state index contributed by atoms with van der Waals surface area (Å²) in [5.74, 6) is 1.21. The van der Waals surface area contributed by atoms with Gasteiger partial charge in [0.2, 0.25) is 5.78 Å². The molecule has 5 rings (SSSR count). The lowest BCUT2D eigenvalue weighted by molar-refractivity contribution is 0.141. The third-order valence-electron chi connectivity index (χ3n) is 5.12. The molecule has 0 N–H and O–H groups in total. The summed E-state index contributed by atoms with van der Waals surface area (Å²) in [6.07, 6.45) is 4.74. The van der Waals surface area contributed by atoms with Crippen LogP contribution in [0.1, 0.15) is 19.0 Å². The lowest BCUT2D eigenvalue weighted by Crippen LogP contribution is -2.24. The number of aromatic nitrogens is 6. The van der Waals surface area contributed by atoms with Gasteiger partial charge >= 0.3 is 0 Å². The van der Waals surface area contributed by atoms with E-state index in [-0.39, 0.29) is 5.56 Å². The van der Waals surface area contributed by atoms with E-state index >= 15 is 0 Å². The Morgan fingerprint density at radius 1 is 1.10 bits per heavy atom. The fourth-order valence-electron chi connectivity index (χ4n) is 3.69. The second-order valence-corrected chi connectivity index (χ2v) is 8.07. The zero-order valence-electron chi connectivity index (χ0n) is 17.1. The smallest absolute Gasteiger partial charge is 0.262 e. The van der Waals surface area contributed by atoms with Crippen LogP contribution in [0.4, 0.5) is 0 Å². The Bertz CT molecular complexity index is 1390. The van der Waals surface area contributed by atoms with Gasteiger partial charge in [0.05, 0.1) is 16.6 Å². The van der Waals surface area contributed by atoms with Crippen LogP contribution < -0.4 is 5.56 Å². The summed E-state index contributed by atoms with van der Waals surface area (Å²) in [5.41, 5.74) is 2.63. The first-order chi connectivity index (χ1) is 15.3. The first-order valence-corrected chi connectivity index (χ1v) is 11.2. The summed E-state index contributed by atoms with van der Waals surface area (Å²) in [6, 6.07) is 13.5. The van der Waals surface area contributed by atoms with Gasteiger partial charge in [0.25, 0.3) is 5.56 Å². The van der Waals surface area contributed by atoms with Gasteiger partial charge < -0.3 is 9.14 Å². The minimum absolute atomic E-state index is 0.0519. The average molecular weight is 435 g/mol. The van der Waals surface area contributed by atoms with Gasteiger partial charge in [-0.05, 0) is 37.6 Å². The van der Waals surface area contributed by atoms with Crippen LogP contribution in [0.3, 0.4) is 0 Å². The van der Waals surface area contributed by atoms with Crippen molar-refractivity contribution in [2.24, 2.45) is 0 Å². The average Bonchev–Trinajstić information content (AvgIpc) is 3.41. The van der Waals surface area contributed by atoms with E-state index in [2.05, 4.69) is 15.2 Å². The topological polar surface area (TPSA) is 78.7 Å². The number of fused-ring (bicyclic) bond motifs is 4.